The fourth-order valence-corrected chi connectivity index (χ4v) is 12.9. The molecule has 4 aromatic rings. The van der Waals surface area contributed by atoms with Gasteiger partial charge in [-0.25, -0.2) is 4.39 Å². The molecule has 1 aliphatic carbocycles. The summed E-state index contributed by atoms with van der Waals surface area (Å²) in [5.74, 6) is -1.20. The Morgan fingerprint density at radius 3 is 2.23 bits per heavy atom. The normalized spacial score (nSPS) is 16.8. The highest BCUT2D eigenvalue weighted by molar-refractivity contribution is 7.86. The van der Waals surface area contributed by atoms with Crippen molar-refractivity contribution in [3.8, 4) is 0 Å². The van der Waals surface area contributed by atoms with Crippen molar-refractivity contribution >= 4 is 65.3 Å². The maximum Gasteiger partial charge on any atom is 0.264 e. The first kappa shape index (κ1) is 65.3. The number of hydrogen-bond acceptors (Lipinski definition) is 11. The first-order valence-corrected chi connectivity index (χ1v) is 32.7. The lowest BCUT2D eigenvalue weighted by Gasteiger charge is -2.28. The predicted octanol–water partition coefficient (Wildman–Crippen LogP) is 12.3. The molecule has 0 bridgehead atoms. The summed E-state index contributed by atoms with van der Waals surface area (Å²) in [5.41, 5.74) is 19.6. The molecule has 0 unspecified atom stereocenters. The molecule has 0 atom stereocenters. The number of fused-ring (bicyclic) bond motifs is 4. The van der Waals surface area contributed by atoms with Crippen LogP contribution in [0.15, 0.2) is 119 Å². The number of nitrogens with one attached hydrogen (secondary N) is 1. The molecule has 4 aromatic carbocycles. The van der Waals surface area contributed by atoms with Crippen molar-refractivity contribution in [1.82, 2.24) is 5.32 Å². The van der Waals surface area contributed by atoms with Crippen molar-refractivity contribution < 1.29 is 53.9 Å². The number of allylic oxidation sites excluding steroid dienone is 8. The van der Waals surface area contributed by atoms with Gasteiger partial charge in [-0.15, -0.1) is 0 Å². The van der Waals surface area contributed by atoms with Gasteiger partial charge >= 0.3 is 0 Å². The van der Waals surface area contributed by atoms with Crippen LogP contribution in [0.1, 0.15) is 121 Å². The summed E-state index contributed by atoms with van der Waals surface area (Å²) in [6.45, 7) is 18.2. The van der Waals surface area contributed by atoms with Crippen LogP contribution in [-0.2, 0) is 50.1 Å². The summed E-state index contributed by atoms with van der Waals surface area (Å²) < 4.78 is 101. The quantitative estimate of drug-likeness (QED) is 0.0101. The number of carbonyl (C=O) groups excluding carboxylic acids is 1. The molecule has 2 heterocycles. The van der Waals surface area contributed by atoms with Crippen LogP contribution in [0.4, 0.5) is 21.5 Å². The van der Waals surface area contributed by atoms with Crippen LogP contribution in [0, 0.1) is 12.7 Å². The second-order valence-electron chi connectivity index (χ2n) is 22.9. The molecule has 84 heavy (non-hydrogen) atoms. The van der Waals surface area contributed by atoms with E-state index in [1.165, 1.54) is 33.7 Å². The lowest BCUT2D eigenvalue weighted by atomic mass is 9.78. The number of amides is 1. The molecule has 2 aliphatic heterocycles. The van der Waals surface area contributed by atoms with Gasteiger partial charge in [0.1, 0.15) is 12.4 Å². The van der Waals surface area contributed by atoms with Crippen LogP contribution in [0.25, 0.3) is 26.8 Å². The smallest absolute Gasteiger partial charge is 0.264 e. The Labute approximate surface area is 496 Å². The minimum absolute atomic E-state index is 0.00881. The number of hydrogen-bond donors (Lipinski definition) is 3. The molecule has 0 saturated carbocycles. The molecule has 3 aliphatic rings. The van der Waals surface area contributed by atoms with E-state index in [1.54, 1.807) is 6.07 Å². The van der Waals surface area contributed by atoms with Crippen LogP contribution in [0.5, 0.6) is 0 Å². The Balaban J connectivity index is 1.13. The summed E-state index contributed by atoms with van der Waals surface area (Å²) in [6.07, 6.45) is 15.2. The van der Waals surface area contributed by atoms with Gasteiger partial charge in [0.05, 0.1) is 56.6 Å². The van der Waals surface area contributed by atoms with Crippen molar-refractivity contribution in [1.29, 1.82) is 0 Å². The van der Waals surface area contributed by atoms with E-state index < -0.39 is 42.6 Å². The Bertz CT molecular complexity index is 3380. The molecule has 0 saturated heterocycles. The minimum atomic E-state index is -4.22. The van der Waals surface area contributed by atoms with Crippen molar-refractivity contribution in [2.24, 2.45) is 5.11 Å². The van der Waals surface area contributed by atoms with Crippen LogP contribution in [-0.4, -0.2) is 133 Å². The molecule has 7 rings (SSSR count). The van der Waals surface area contributed by atoms with Gasteiger partial charge in [-0.1, -0.05) is 80.0 Å². The number of benzene rings is 4. The third-order valence-electron chi connectivity index (χ3n) is 15.9. The fourth-order valence-electron chi connectivity index (χ4n) is 11.9. The number of nitrogens with zero attached hydrogens (tertiary/aromatic N) is 6. The molecule has 1 amide bonds. The summed E-state index contributed by atoms with van der Waals surface area (Å²) in [4.78, 5) is 19.8. The second-order valence-corrected chi connectivity index (χ2v) is 26.0. The van der Waals surface area contributed by atoms with E-state index in [0.29, 0.717) is 58.2 Å². The highest BCUT2D eigenvalue weighted by Crippen LogP contribution is 2.50. The minimum Gasteiger partial charge on any atom is -0.379 e. The zero-order chi connectivity index (χ0) is 60.5. The number of rotatable bonds is 33. The summed E-state index contributed by atoms with van der Waals surface area (Å²) >= 11 is 0. The van der Waals surface area contributed by atoms with Crippen LogP contribution >= 0.6 is 0 Å². The molecule has 0 aromatic heterocycles. The highest BCUT2D eigenvalue weighted by Gasteiger charge is 2.46. The highest BCUT2D eigenvalue weighted by atomic mass is 32.2. The third kappa shape index (κ3) is 17.5. The van der Waals surface area contributed by atoms with Gasteiger partial charge in [0.15, 0.2) is 5.71 Å². The van der Waals surface area contributed by atoms with E-state index in [1.807, 2.05) is 23.1 Å². The number of ether oxygens (including phenoxy) is 3. The molecule has 0 radical (unpaired) electrons. The lowest BCUT2D eigenvalue weighted by Crippen LogP contribution is -2.29. The van der Waals surface area contributed by atoms with Crippen molar-refractivity contribution in [2.75, 3.05) is 100 Å². The van der Waals surface area contributed by atoms with Gasteiger partial charge in [0, 0.05) is 96.2 Å². The zero-order valence-electron chi connectivity index (χ0n) is 49.7. The van der Waals surface area contributed by atoms with Gasteiger partial charge in [-0.3, -0.25) is 13.9 Å². The second kappa shape index (κ2) is 30.2. The van der Waals surface area contributed by atoms with Gasteiger partial charge in [0.2, 0.25) is 11.6 Å². The topological polar surface area (TPSA) is 224 Å². The lowest BCUT2D eigenvalue weighted by molar-refractivity contribution is -0.438. The zero-order valence-corrected chi connectivity index (χ0v) is 51.4. The summed E-state index contributed by atoms with van der Waals surface area (Å²) in [5, 5.41) is 8.79. The average Bonchev–Trinajstić information content (AvgIpc) is 1.72. The summed E-state index contributed by atoms with van der Waals surface area (Å²) in [7, 11) is -8.44. The van der Waals surface area contributed by atoms with E-state index in [-0.39, 0.29) is 44.2 Å². The number of azide groups is 1. The standard InChI is InChI=1S/C64H84FN7O10S2/c1-7-33-71-56-28-25-51(70(34-14-43-83(74,75)76)35-15-44-84(77,78)79)46-54(56)63(3,4)58(71)29-23-48-16-13-17-49(61(48)53-18-10-11-19-55(53)65)24-30-59-64(5,6)62-52-26-21-47(2)45-50(52)22-27-57(62)72(59)36-12-8-9-20-60(73)67-31-37-80-39-41-82-42-40-81-38-32-68-69-66/h10-11,18-19,21-30,45-46H,7-9,12-17,20,31-44H2,1-6H3,(H2-,67,73,74,75,76,77,78,79)/p+1. The van der Waals surface area contributed by atoms with Crippen LogP contribution in [0.3, 0.4) is 0 Å². The maximum absolute atomic E-state index is 16.4. The Morgan fingerprint density at radius 1 is 0.833 bits per heavy atom. The van der Waals surface area contributed by atoms with Crippen LogP contribution < -0.4 is 15.1 Å². The largest absolute Gasteiger partial charge is 0.379 e. The Morgan fingerprint density at radius 2 is 1.54 bits per heavy atom. The summed E-state index contributed by atoms with van der Waals surface area (Å²) in [6, 6.07) is 24.2. The molecule has 0 fully saturated rings. The molecule has 0 spiro atoms. The predicted molar refractivity (Wildman–Crippen MR) is 333 cm³/mol. The molecule has 3 N–H and O–H groups in total. The molecule has 454 valence electrons. The van der Waals surface area contributed by atoms with Gasteiger partial charge in [-0.05, 0) is 147 Å². The molecular formula is C64H85FN7O10S2+. The van der Waals surface area contributed by atoms with E-state index in [9.17, 15) is 30.7 Å². The first-order chi connectivity index (χ1) is 40.1. The Kier molecular flexibility index (Phi) is 23.5. The Hall–Kier alpha value is -6.22. The number of aryl methyl sites for hydroxylation is 1. The average molecular weight is 1200 g/mol. The van der Waals surface area contributed by atoms with Gasteiger partial charge in [-0.2, -0.15) is 21.4 Å². The monoisotopic (exact) mass is 1190 g/mol. The SMILES string of the molecule is CCCN1/C(=C/C=C2\CCCC(/C=C/C3=[N+](CCCCCC(=O)NCCOCCOCCOCCN=[N+]=[N-])c4ccc5cc(C)ccc5c4C3(C)C)=C2c2ccccc2F)C(C)(C)c2cc(N(CCCS(=O)(=O)O)CCCS(=O)(=O)O)ccc21. The molecule has 20 heteroatoms. The van der Waals surface area contributed by atoms with E-state index >= 15 is 4.39 Å². The van der Waals surface area contributed by atoms with Crippen molar-refractivity contribution in [3.05, 3.63) is 152 Å². The number of unbranched alkanes of at least 4 members (excludes halogenated alkanes) is 2. The van der Waals surface area contributed by atoms with E-state index in [0.717, 1.165) is 103 Å². The van der Waals surface area contributed by atoms with Gasteiger partial charge < -0.3 is 29.3 Å². The maximum atomic E-state index is 16.4. The van der Waals surface area contributed by atoms with Crippen molar-refractivity contribution in [2.45, 2.75) is 117 Å². The molecular weight excluding hydrogens is 1110 g/mol. The number of halogens is 1. The van der Waals surface area contributed by atoms with E-state index in [2.05, 4.69) is 133 Å². The fraction of sp³-hybridized carbons (Fsp3) is 0.500. The van der Waals surface area contributed by atoms with Crippen LogP contribution in [0.2, 0.25) is 0 Å². The first-order valence-electron chi connectivity index (χ1n) is 29.5. The third-order valence-corrected chi connectivity index (χ3v) is 17.5. The van der Waals surface area contributed by atoms with Gasteiger partial charge in [0.25, 0.3) is 20.2 Å². The molecule has 17 nitrogen and oxygen atoms in total. The van der Waals surface area contributed by atoms with E-state index in [4.69, 9.17) is 19.7 Å². The van der Waals surface area contributed by atoms with Crippen molar-refractivity contribution in [3.63, 3.8) is 0 Å². The number of anilines is 2. The number of carbonyl (C=O) groups is 1.